The van der Waals surface area contributed by atoms with Gasteiger partial charge in [0.05, 0.1) is 18.3 Å². The molecule has 0 atom stereocenters. The van der Waals surface area contributed by atoms with Gasteiger partial charge in [0.2, 0.25) is 5.91 Å². The number of furan rings is 1. The van der Waals surface area contributed by atoms with E-state index in [0.29, 0.717) is 17.0 Å². The van der Waals surface area contributed by atoms with Crippen molar-refractivity contribution in [2.45, 2.75) is 20.8 Å². The normalized spacial score (nSPS) is 11.5. The minimum atomic E-state index is -0.507. The van der Waals surface area contributed by atoms with Crippen LogP contribution in [0.1, 0.15) is 23.6 Å². The predicted octanol–water partition coefficient (Wildman–Crippen LogP) is 5.01. The van der Waals surface area contributed by atoms with Crippen molar-refractivity contribution < 1.29 is 18.9 Å². The molecule has 0 bridgehead atoms. The first-order valence-corrected chi connectivity index (χ1v) is 8.61. The van der Waals surface area contributed by atoms with Crippen molar-refractivity contribution in [3.8, 4) is 5.75 Å². The number of nitrogens with one attached hydrogen (secondary N) is 1. The maximum Gasteiger partial charge on any atom is 0.271 e. The van der Waals surface area contributed by atoms with Crippen molar-refractivity contribution in [1.82, 2.24) is 0 Å². The summed E-state index contributed by atoms with van der Waals surface area (Å²) in [7, 11) is 1.57. The Morgan fingerprint density at radius 3 is 2.71 bits per heavy atom. The lowest BCUT2D eigenvalue weighted by molar-refractivity contribution is -0.384. The van der Waals surface area contributed by atoms with Crippen molar-refractivity contribution in [3.63, 3.8) is 0 Å². The maximum absolute atomic E-state index is 12.4. The summed E-state index contributed by atoms with van der Waals surface area (Å²) in [4.78, 5) is 22.8. The Labute approximate surface area is 161 Å². The summed E-state index contributed by atoms with van der Waals surface area (Å²) in [5.74, 6) is 0.250. The van der Waals surface area contributed by atoms with Crippen molar-refractivity contribution in [2.75, 3.05) is 12.4 Å². The van der Waals surface area contributed by atoms with E-state index in [1.165, 1.54) is 24.3 Å². The van der Waals surface area contributed by atoms with E-state index in [9.17, 15) is 14.9 Å². The fourth-order valence-corrected chi connectivity index (χ4v) is 3.14. The van der Waals surface area contributed by atoms with Crippen LogP contribution in [0.2, 0.25) is 0 Å². The highest BCUT2D eigenvalue weighted by Crippen LogP contribution is 2.37. The molecule has 0 aliphatic rings. The van der Waals surface area contributed by atoms with Crippen LogP contribution < -0.4 is 10.1 Å². The van der Waals surface area contributed by atoms with Gasteiger partial charge in [0.25, 0.3) is 5.69 Å². The molecule has 0 spiro atoms. The zero-order chi connectivity index (χ0) is 20.4. The fourth-order valence-electron chi connectivity index (χ4n) is 3.14. The molecule has 1 heterocycles. The van der Waals surface area contributed by atoms with E-state index in [-0.39, 0.29) is 11.6 Å². The second-order valence-electron chi connectivity index (χ2n) is 6.50. The number of hydrogen-bond donors (Lipinski definition) is 1. The number of aryl methyl sites for hydroxylation is 2. The number of nitrogens with zero attached hydrogens (tertiary/aromatic N) is 1. The number of hydrogen-bond acceptors (Lipinski definition) is 5. The second kappa shape index (κ2) is 7.56. The first-order chi connectivity index (χ1) is 13.3. The van der Waals surface area contributed by atoms with Gasteiger partial charge >= 0.3 is 0 Å². The molecule has 0 aliphatic carbocycles. The quantitative estimate of drug-likeness (QED) is 0.381. The maximum atomic E-state index is 12.4. The van der Waals surface area contributed by atoms with E-state index in [1.54, 1.807) is 19.4 Å². The van der Waals surface area contributed by atoms with Crippen LogP contribution in [0.5, 0.6) is 5.75 Å². The molecule has 0 saturated carbocycles. The number of carbonyl (C=O) groups excluding carboxylic acids is 1. The van der Waals surface area contributed by atoms with Gasteiger partial charge in [-0.2, -0.15) is 0 Å². The van der Waals surface area contributed by atoms with E-state index in [2.05, 4.69) is 5.32 Å². The molecule has 3 aromatic rings. The summed E-state index contributed by atoms with van der Waals surface area (Å²) in [6.07, 6.45) is 3.13. The molecular formula is C21H20N2O5. The number of benzene rings is 2. The molecule has 28 heavy (non-hydrogen) atoms. The van der Waals surface area contributed by atoms with Crippen LogP contribution in [-0.2, 0) is 4.79 Å². The van der Waals surface area contributed by atoms with Gasteiger partial charge < -0.3 is 14.5 Å². The molecule has 0 unspecified atom stereocenters. The number of anilines is 1. The monoisotopic (exact) mass is 380 g/mol. The van der Waals surface area contributed by atoms with Gasteiger partial charge in [0.15, 0.2) is 0 Å². The van der Waals surface area contributed by atoms with E-state index in [1.807, 2.05) is 26.8 Å². The lowest BCUT2D eigenvalue weighted by Gasteiger charge is -2.13. The van der Waals surface area contributed by atoms with Crippen LogP contribution in [0.15, 0.2) is 47.1 Å². The highest BCUT2D eigenvalue weighted by atomic mass is 16.6. The molecule has 144 valence electrons. The van der Waals surface area contributed by atoms with E-state index in [4.69, 9.17) is 9.15 Å². The van der Waals surface area contributed by atoms with E-state index in [0.717, 1.165) is 27.7 Å². The van der Waals surface area contributed by atoms with Gasteiger partial charge in [-0.15, -0.1) is 0 Å². The highest BCUT2D eigenvalue weighted by Gasteiger charge is 2.17. The molecule has 0 radical (unpaired) electrons. The Bertz CT molecular complexity index is 1110. The Kier molecular flexibility index (Phi) is 5.17. The highest BCUT2D eigenvalue weighted by molar-refractivity contribution is 6.05. The van der Waals surface area contributed by atoms with Gasteiger partial charge in [-0.25, -0.2) is 0 Å². The molecule has 7 nitrogen and oxygen atoms in total. The van der Waals surface area contributed by atoms with Gasteiger partial charge in [-0.05, 0) is 44.0 Å². The van der Waals surface area contributed by atoms with Crippen molar-refractivity contribution >= 4 is 33.8 Å². The predicted molar refractivity (Wildman–Crippen MR) is 108 cm³/mol. The van der Waals surface area contributed by atoms with Crippen molar-refractivity contribution in [1.29, 1.82) is 0 Å². The van der Waals surface area contributed by atoms with Crippen LogP contribution in [0.3, 0.4) is 0 Å². The third-order valence-corrected chi connectivity index (χ3v) is 4.54. The van der Waals surface area contributed by atoms with Crippen LogP contribution in [0.25, 0.3) is 16.5 Å². The van der Waals surface area contributed by atoms with Crippen molar-refractivity contribution in [3.05, 3.63) is 69.5 Å². The molecule has 2 aromatic carbocycles. The van der Waals surface area contributed by atoms with Gasteiger partial charge in [-0.1, -0.05) is 6.07 Å². The minimum Gasteiger partial charge on any atom is -0.496 e. The summed E-state index contributed by atoms with van der Waals surface area (Å²) < 4.78 is 11.2. The molecule has 0 aliphatic heterocycles. The summed E-state index contributed by atoms with van der Waals surface area (Å²) in [6, 6.07) is 7.73. The standard InChI is InChI=1S/C21H20N2O5/c1-12(8-19(24)22-15-6-5-7-16(9-15)23(25)26)17-10-18-13(2)11-28-21(18)14(3)20(17)27-4/h5-11H,1-4H3,(H,22,24)/b12-8+. The van der Waals surface area contributed by atoms with Gasteiger partial charge in [-0.3, -0.25) is 14.9 Å². The Morgan fingerprint density at radius 2 is 2.04 bits per heavy atom. The Balaban J connectivity index is 1.94. The zero-order valence-electron chi connectivity index (χ0n) is 16.0. The number of amides is 1. The number of methoxy groups -OCH3 is 1. The largest absolute Gasteiger partial charge is 0.496 e. The van der Waals surface area contributed by atoms with Crippen molar-refractivity contribution in [2.24, 2.45) is 0 Å². The van der Waals surface area contributed by atoms with Gasteiger partial charge in [0, 0.05) is 40.4 Å². The number of nitro groups is 1. The Morgan fingerprint density at radius 1 is 1.29 bits per heavy atom. The molecular weight excluding hydrogens is 360 g/mol. The number of fused-ring (bicyclic) bond motifs is 1. The lowest BCUT2D eigenvalue weighted by Crippen LogP contribution is -2.09. The van der Waals surface area contributed by atoms with Crippen LogP contribution in [0.4, 0.5) is 11.4 Å². The number of rotatable bonds is 5. The van der Waals surface area contributed by atoms with E-state index >= 15 is 0 Å². The molecule has 0 saturated heterocycles. The summed E-state index contributed by atoms with van der Waals surface area (Å²) in [5, 5.41) is 14.5. The smallest absolute Gasteiger partial charge is 0.271 e. The van der Waals surface area contributed by atoms with Gasteiger partial charge in [0.1, 0.15) is 11.3 Å². The fraction of sp³-hybridized carbons (Fsp3) is 0.190. The molecule has 3 rings (SSSR count). The summed E-state index contributed by atoms with van der Waals surface area (Å²) in [5.41, 5.74) is 4.36. The number of nitro benzene ring substituents is 1. The minimum absolute atomic E-state index is 0.0864. The topological polar surface area (TPSA) is 94.6 Å². The number of carbonyl (C=O) groups is 1. The third kappa shape index (κ3) is 3.59. The lowest BCUT2D eigenvalue weighted by atomic mass is 9.98. The Hall–Kier alpha value is -3.61. The average molecular weight is 380 g/mol. The summed E-state index contributed by atoms with van der Waals surface area (Å²) >= 11 is 0. The molecule has 1 N–H and O–H groups in total. The third-order valence-electron chi connectivity index (χ3n) is 4.54. The summed E-state index contributed by atoms with van der Waals surface area (Å²) in [6.45, 7) is 5.67. The number of non-ortho nitro benzene ring substituents is 1. The molecule has 1 amide bonds. The zero-order valence-corrected chi connectivity index (χ0v) is 16.0. The second-order valence-corrected chi connectivity index (χ2v) is 6.50. The van der Waals surface area contributed by atoms with Crippen LogP contribution in [-0.4, -0.2) is 17.9 Å². The number of ether oxygens (including phenoxy) is 1. The molecule has 1 aromatic heterocycles. The van der Waals surface area contributed by atoms with E-state index < -0.39 is 4.92 Å². The number of allylic oxidation sites excluding steroid dienone is 1. The SMILES string of the molecule is COc1c(/C(C)=C/C(=O)Nc2cccc([N+](=O)[O-])c2)cc2c(C)coc2c1C. The van der Waals surface area contributed by atoms with Crippen LogP contribution >= 0.6 is 0 Å². The average Bonchev–Trinajstić information content (AvgIpc) is 3.03. The molecule has 0 fully saturated rings. The first-order valence-electron chi connectivity index (χ1n) is 8.61. The first kappa shape index (κ1) is 19.2. The van der Waals surface area contributed by atoms with Crippen LogP contribution in [0, 0.1) is 24.0 Å². The molecule has 7 heteroatoms.